The molecule has 0 aromatic rings. The van der Waals surface area contributed by atoms with Gasteiger partial charge in [-0.3, -0.25) is 0 Å². The highest BCUT2D eigenvalue weighted by molar-refractivity contribution is 7.80. The lowest BCUT2D eigenvalue weighted by atomic mass is 10.3. The van der Waals surface area contributed by atoms with Crippen LogP contribution in [0.1, 0.15) is 0 Å². The van der Waals surface area contributed by atoms with Crippen LogP contribution >= 0.6 is 0 Å². The topological polar surface area (TPSA) is 74.6 Å². The van der Waals surface area contributed by atoms with Gasteiger partial charge in [-0.2, -0.15) is 17.6 Å². The van der Waals surface area contributed by atoms with Crippen molar-refractivity contribution in [2.75, 3.05) is 0 Å². The lowest BCUT2D eigenvalue weighted by Crippen LogP contribution is -2.49. The molecule has 0 fully saturated rings. The maximum absolute atomic E-state index is 11.9. The van der Waals surface area contributed by atoms with Crippen LogP contribution in [0.2, 0.25) is 0 Å². The number of carboxylic acids is 1. The fourth-order valence-electron chi connectivity index (χ4n) is 0.234. The summed E-state index contributed by atoms with van der Waals surface area (Å²) in [6.45, 7) is 0. The Morgan fingerprint density at radius 2 is 1.58 bits per heavy atom. The maximum Gasteiger partial charge on any atom is 0.418 e. The van der Waals surface area contributed by atoms with E-state index >= 15 is 0 Å². The number of alkyl halides is 4. The number of carboxylic acid groups (broad SMARTS) is 1. The predicted molar refractivity (Wildman–Crippen MR) is 28.3 cm³/mol. The molecule has 0 aliphatic rings. The van der Waals surface area contributed by atoms with Gasteiger partial charge in [0.1, 0.15) is 0 Å². The molecule has 2 N–H and O–H groups in total. The Morgan fingerprint density at radius 3 is 1.67 bits per heavy atom. The van der Waals surface area contributed by atoms with Gasteiger partial charge in [0.2, 0.25) is 11.1 Å². The zero-order chi connectivity index (χ0) is 10.2. The minimum atomic E-state index is -5.55. The third-order valence-electron chi connectivity index (χ3n) is 0.853. The Morgan fingerprint density at radius 1 is 1.25 bits per heavy atom. The van der Waals surface area contributed by atoms with Crippen LogP contribution in [0, 0.1) is 0 Å². The lowest BCUT2D eigenvalue weighted by molar-refractivity contribution is -0.197. The summed E-state index contributed by atoms with van der Waals surface area (Å²) in [5.74, 6) is -8.71. The first-order valence-corrected chi connectivity index (χ1v) is 3.34. The van der Waals surface area contributed by atoms with Gasteiger partial charge in [-0.25, -0.2) is 9.00 Å². The molecule has 0 aromatic heterocycles. The first kappa shape index (κ1) is 11.3. The van der Waals surface area contributed by atoms with E-state index in [1.165, 1.54) is 0 Å². The van der Waals surface area contributed by atoms with Gasteiger partial charge < -0.3 is 9.66 Å². The van der Waals surface area contributed by atoms with Gasteiger partial charge in [-0.05, 0) is 0 Å². The SMILES string of the molecule is O=C(O)C(F)(F)C(F)(F)S(=O)O. The molecule has 0 aliphatic heterocycles. The van der Waals surface area contributed by atoms with Gasteiger partial charge in [0.25, 0.3) is 0 Å². The average molecular weight is 210 g/mol. The standard InChI is InChI=1S/C3H2F4O4S/c4-2(5,1(8)9)3(6,7)12(10)11/h(H,8,9)(H,10,11). The first-order valence-electron chi connectivity index (χ1n) is 2.24. The van der Waals surface area contributed by atoms with E-state index in [2.05, 4.69) is 0 Å². The van der Waals surface area contributed by atoms with Gasteiger partial charge in [0.15, 0.2) is 0 Å². The van der Waals surface area contributed by atoms with Crippen molar-refractivity contribution in [2.24, 2.45) is 0 Å². The summed E-state index contributed by atoms with van der Waals surface area (Å²) >= 11 is -4.23. The Hall–Kier alpha value is -0.700. The Balaban J connectivity index is 5.01. The van der Waals surface area contributed by atoms with Gasteiger partial charge in [0, 0.05) is 0 Å². The summed E-state index contributed by atoms with van der Waals surface area (Å²) in [7, 11) is 0. The molecule has 0 heterocycles. The third-order valence-corrected chi connectivity index (χ3v) is 1.55. The zero-order valence-corrected chi connectivity index (χ0v) is 5.95. The molecule has 4 nitrogen and oxygen atoms in total. The summed E-state index contributed by atoms with van der Waals surface area (Å²) in [5.41, 5.74) is 0. The average Bonchev–Trinajstić information content (AvgIpc) is 1.86. The second kappa shape index (κ2) is 2.98. The molecule has 0 aliphatic carbocycles. The second-order valence-corrected chi connectivity index (χ2v) is 2.66. The minimum Gasteiger partial charge on any atom is -0.477 e. The summed E-state index contributed by atoms with van der Waals surface area (Å²) in [4.78, 5) is 9.50. The summed E-state index contributed by atoms with van der Waals surface area (Å²) in [5, 5.41) is 2.06. The number of hydrogen-bond acceptors (Lipinski definition) is 2. The highest BCUT2D eigenvalue weighted by Crippen LogP contribution is 2.36. The summed E-state index contributed by atoms with van der Waals surface area (Å²) in [6, 6.07) is 0. The quantitative estimate of drug-likeness (QED) is 0.526. The Labute approximate surface area is 65.5 Å². The van der Waals surface area contributed by atoms with Crippen LogP contribution in [0.4, 0.5) is 17.6 Å². The molecule has 0 bridgehead atoms. The monoisotopic (exact) mass is 210 g/mol. The van der Waals surface area contributed by atoms with Crippen molar-refractivity contribution in [3.63, 3.8) is 0 Å². The van der Waals surface area contributed by atoms with Gasteiger partial charge in [0.05, 0.1) is 0 Å². The fourth-order valence-corrected chi connectivity index (χ4v) is 0.541. The lowest BCUT2D eigenvalue weighted by Gasteiger charge is -2.18. The molecule has 1 unspecified atom stereocenters. The molecule has 0 radical (unpaired) electrons. The number of hydrogen-bond donors (Lipinski definition) is 2. The van der Waals surface area contributed by atoms with E-state index in [9.17, 15) is 26.6 Å². The van der Waals surface area contributed by atoms with Crippen LogP contribution in [-0.4, -0.2) is 31.0 Å². The molecular weight excluding hydrogens is 208 g/mol. The predicted octanol–water partition coefficient (Wildman–Crippen LogP) is 0.521. The summed E-state index contributed by atoms with van der Waals surface area (Å²) in [6.07, 6.45) is 0. The largest absolute Gasteiger partial charge is 0.477 e. The Kier molecular flexibility index (Phi) is 2.80. The van der Waals surface area contributed by atoms with Crippen molar-refractivity contribution >= 4 is 17.0 Å². The highest BCUT2D eigenvalue weighted by atomic mass is 32.2. The number of rotatable bonds is 3. The molecule has 0 aromatic carbocycles. The fraction of sp³-hybridized carbons (Fsp3) is 0.667. The molecule has 0 saturated heterocycles. The minimum absolute atomic E-state index is 3.16. The highest BCUT2D eigenvalue weighted by Gasteiger charge is 2.67. The van der Waals surface area contributed by atoms with E-state index in [1.54, 1.807) is 0 Å². The van der Waals surface area contributed by atoms with Crippen molar-refractivity contribution in [1.82, 2.24) is 0 Å². The van der Waals surface area contributed by atoms with E-state index in [0.717, 1.165) is 0 Å². The molecule has 1 atom stereocenters. The number of aliphatic carboxylic acids is 1. The molecule has 0 saturated carbocycles. The molecular formula is C3H2F4O4S. The van der Waals surface area contributed by atoms with Crippen LogP contribution in [0.3, 0.4) is 0 Å². The molecule has 12 heavy (non-hydrogen) atoms. The first-order chi connectivity index (χ1) is 5.14. The molecule has 0 amide bonds. The van der Waals surface area contributed by atoms with Crippen LogP contribution in [-0.2, 0) is 15.9 Å². The Bertz CT molecular complexity index is 202. The molecule has 72 valence electrons. The second-order valence-electron chi connectivity index (χ2n) is 1.65. The maximum atomic E-state index is 11.9. The van der Waals surface area contributed by atoms with Crippen molar-refractivity contribution in [3.8, 4) is 0 Å². The van der Waals surface area contributed by atoms with Gasteiger partial charge in [-0.1, -0.05) is 0 Å². The van der Waals surface area contributed by atoms with E-state index < -0.39 is 28.2 Å². The number of carbonyl (C=O) groups is 1. The van der Waals surface area contributed by atoms with Gasteiger partial charge >= 0.3 is 17.1 Å². The van der Waals surface area contributed by atoms with E-state index in [1.807, 2.05) is 0 Å². The van der Waals surface area contributed by atoms with Gasteiger partial charge in [-0.15, -0.1) is 0 Å². The van der Waals surface area contributed by atoms with Crippen LogP contribution < -0.4 is 0 Å². The molecule has 9 heteroatoms. The van der Waals surface area contributed by atoms with E-state index in [0.29, 0.717) is 0 Å². The normalized spacial score (nSPS) is 15.8. The third kappa shape index (κ3) is 1.55. The van der Waals surface area contributed by atoms with Crippen molar-refractivity contribution in [2.45, 2.75) is 11.2 Å². The van der Waals surface area contributed by atoms with Crippen molar-refractivity contribution in [1.29, 1.82) is 0 Å². The van der Waals surface area contributed by atoms with Crippen molar-refractivity contribution < 1.29 is 36.2 Å². The zero-order valence-electron chi connectivity index (χ0n) is 5.13. The molecule has 0 spiro atoms. The summed E-state index contributed by atoms with van der Waals surface area (Å²) < 4.78 is 64.8. The van der Waals surface area contributed by atoms with Crippen LogP contribution in [0.25, 0.3) is 0 Å². The number of halogens is 4. The smallest absolute Gasteiger partial charge is 0.418 e. The van der Waals surface area contributed by atoms with Crippen LogP contribution in [0.5, 0.6) is 0 Å². The van der Waals surface area contributed by atoms with Crippen LogP contribution in [0.15, 0.2) is 0 Å². The van der Waals surface area contributed by atoms with E-state index in [4.69, 9.17) is 9.66 Å². The van der Waals surface area contributed by atoms with Crippen molar-refractivity contribution in [3.05, 3.63) is 0 Å². The van der Waals surface area contributed by atoms with E-state index in [-0.39, 0.29) is 0 Å². The molecule has 0 rings (SSSR count).